The number of aromatic nitrogens is 3. The molecule has 1 fully saturated rings. The van der Waals surface area contributed by atoms with Gasteiger partial charge in [0, 0.05) is 29.4 Å². The molecule has 32 heavy (non-hydrogen) atoms. The summed E-state index contributed by atoms with van der Waals surface area (Å²) < 4.78 is 30.5. The van der Waals surface area contributed by atoms with E-state index in [-0.39, 0.29) is 33.6 Å². The van der Waals surface area contributed by atoms with Gasteiger partial charge in [-0.15, -0.1) is 0 Å². The first-order chi connectivity index (χ1) is 15.3. The molecule has 0 unspecified atom stereocenters. The van der Waals surface area contributed by atoms with Crippen molar-refractivity contribution < 1.29 is 8.78 Å². The average molecular weight is 432 g/mol. The Kier molecular flexibility index (Phi) is 4.59. The van der Waals surface area contributed by atoms with Crippen molar-refractivity contribution in [3.63, 3.8) is 0 Å². The standard InChI is InChI=1S/C24H22F2N6/c1-14(27)32-19-6-5-16(25)21(26)20(19)22(30-23(32)28)31-13-3-4-15-17(29-12-8-18(15)31)7-9-24(2)10-11-24/h5-6,8,12,27-28H,3-4,10-11,13H2,1-2H3. The van der Waals surface area contributed by atoms with Crippen molar-refractivity contribution in [3.8, 4) is 11.8 Å². The number of halogens is 2. The van der Waals surface area contributed by atoms with Gasteiger partial charge in [-0.2, -0.15) is 4.98 Å². The molecule has 5 rings (SSSR count). The monoisotopic (exact) mass is 432 g/mol. The van der Waals surface area contributed by atoms with Crippen molar-refractivity contribution in [3.05, 3.63) is 52.9 Å². The van der Waals surface area contributed by atoms with E-state index in [4.69, 9.17) is 10.8 Å². The lowest BCUT2D eigenvalue weighted by Crippen LogP contribution is -2.33. The summed E-state index contributed by atoms with van der Waals surface area (Å²) in [5.74, 6) is 4.68. The summed E-state index contributed by atoms with van der Waals surface area (Å²) >= 11 is 0. The lowest BCUT2D eigenvalue weighted by Gasteiger charge is -2.31. The average Bonchev–Trinajstić information content (AvgIpc) is 3.51. The van der Waals surface area contributed by atoms with Crippen LogP contribution in [0.3, 0.4) is 0 Å². The highest BCUT2D eigenvalue weighted by Gasteiger charge is 2.35. The summed E-state index contributed by atoms with van der Waals surface area (Å²) in [6, 6.07) is 4.23. The molecular weight excluding hydrogens is 410 g/mol. The highest BCUT2D eigenvalue weighted by atomic mass is 19.2. The Morgan fingerprint density at radius 2 is 2.00 bits per heavy atom. The Labute approximate surface area is 184 Å². The van der Waals surface area contributed by atoms with Crippen molar-refractivity contribution in [2.75, 3.05) is 11.4 Å². The first-order valence-corrected chi connectivity index (χ1v) is 10.6. The molecule has 3 heterocycles. The SMILES string of the molecule is CC(=N)n1c(=N)nc(N2CCCc3c2ccnc3C#CC2(C)CC2)c2c(F)c(F)ccc21. The zero-order valence-electron chi connectivity index (χ0n) is 17.9. The lowest BCUT2D eigenvalue weighted by atomic mass is 9.99. The maximum Gasteiger partial charge on any atom is 0.230 e. The van der Waals surface area contributed by atoms with E-state index in [0.717, 1.165) is 43.0 Å². The van der Waals surface area contributed by atoms with Crippen molar-refractivity contribution in [1.82, 2.24) is 14.5 Å². The second kappa shape index (κ2) is 7.23. The van der Waals surface area contributed by atoms with Gasteiger partial charge >= 0.3 is 0 Å². The number of anilines is 2. The fourth-order valence-electron chi connectivity index (χ4n) is 4.16. The van der Waals surface area contributed by atoms with Crippen LogP contribution in [0.1, 0.15) is 44.4 Å². The maximum absolute atomic E-state index is 15.1. The fourth-order valence-corrected chi connectivity index (χ4v) is 4.16. The molecule has 1 aromatic carbocycles. The lowest BCUT2D eigenvalue weighted by molar-refractivity contribution is 0.516. The zero-order valence-corrected chi connectivity index (χ0v) is 17.9. The molecule has 2 aliphatic rings. The van der Waals surface area contributed by atoms with Crippen LogP contribution in [0.4, 0.5) is 20.3 Å². The van der Waals surface area contributed by atoms with E-state index in [1.54, 1.807) is 6.20 Å². The molecule has 6 nitrogen and oxygen atoms in total. The van der Waals surface area contributed by atoms with Crippen LogP contribution in [0.5, 0.6) is 0 Å². The van der Waals surface area contributed by atoms with E-state index in [0.29, 0.717) is 12.2 Å². The highest BCUT2D eigenvalue weighted by Crippen LogP contribution is 2.44. The molecule has 162 valence electrons. The molecule has 0 bridgehead atoms. The number of fused-ring (bicyclic) bond motifs is 2. The van der Waals surface area contributed by atoms with E-state index in [1.165, 1.54) is 17.6 Å². The molecule has 0 atom stereocenters. The van der Waals surface area contributed by atoms with Crippen LogP contribution in [-0.4, -0.2) is 26.9 Å². The van der Waals surface area contributed by atoms with E-state index in [9.17, 15) is 4.39 Å². The van der Waals surface area contributed by atoms with Crippen molar-refractivity contribution in [2.24, 2.45) is 5.41 Å². The molecule has 2 aromatic heterocycles. The van der Waals surface area contributed by atoms with Crippen LogP contribution in [0, 0.1) is 39.7 Å². The number of nitrogens with zero attached hydrogens (tertiary/aromatic N) is 4. The topological polar surface area (TPSA) is 81.7 Å². The normalized spacial score (nSPS) is 16.3. The molecule has 1 saturated carbocycles. The number of pyridine rings is 1. The minimum atomic E-state index is -1.04. The van der Waals surface area contributed by atoms with Gasteiger partial charge in [0.1, 0.15) is 17.3 Å². The van der Waals surface area contributed by atoms with Gasteiger partial charge in [0.15, 0.2) is 11.6 Å². The van der Waals surface area contributed by atoms with Crippen LogP contribution in [-0.2, 0) is 6.42 Å². The molecule has 0 amide bonds. The summed E-state index contributed by atoms with van der Waals surface area (Å²) in [4.78, 5) is 10.6. The van der Waals surface area contributed by atoms with Crippen LogP contribution in [0.2, 0.25) is 0 Å². The van der Waals surface area contributed by atoms with Crippen LogP contribution in [0.25, 0.3) is 10.9 Å². The molecule has 3 aromatic rings. The van der Waals surface area contributed by atoms with E-state index < -0.39 is 11.6 Å². The van der Waals surface area contributed by atoms with E-state index in [1.807, 2.05) is 11.0 Å². The number of nitrogens with one attached hydrogen (secondary N) is 2. The van der Waals surface area contributed by atoms with Gasteiger partial charge in [0.2, 0.25) is 5.62 Å². The van der Waals surface area contributed by atoms with Gasteiger partial charge < -0.3 is 4.90 Å². The van der Waals surface area contributed by atoms with Crippen molar-refractivity contribution in [2.45, 2.75) is 39.5 Å². The summed E-state index contributed by atoms with van der Waals surface area (Å²) in [6.45, 7) is 4.15. The summed E-state index contributed by atoms with van der Waals surface area (Å²) in [5, 5.41) is 16.3. The number of hydrogen-bond acceptors (Lipinski definition) is 5. The number of hydrogen-bond donors (Lipinski definition) is 2. The third-order valence-corrected chi connectivity index (χ3v) is 6.17. The quantitative estimate of drug-likeness (QED) is 0.342. The first-order valence-electron chi connectivity index (χ1n) is 10.6. The fraction of sp³-hybridized carbons (Fsp3) is 0.333. The van der Waals surface area contributed by atoms with E-state index in [2.05, 4.69) is 28.7 Å². The Morgan fingerprint density at radius 1 is 1.22 bits per heavy atom. The summed E-state index contributed by atoms with van der Waals surface area (Å²) in [7, 11) is 0. The van der Waals surface area contributed by atoms with Gasteiger partial charge in [-0.1, -0.05) is 5.92 Å². The Hall–Kier alpha value is -3.60. The number of rotatable bonds is 1. The summed E-state index contributed by atoms with van der Waals surface area (Å²) in [5.41, 5.74) is 2.52. The van der Waals surface area contributed by atoms with Gasteiger partial charge in [-0.25, -0.2) is 13.8 Å². The third-order valence-electron chi connectivity index (χ3n) is 6.17. The second-order valence-electron chi connectivity index (χ2n) is 8.66. The maximum atomic E-state index is 15.1. The predicted molar refractivity (Wildman–Crippen MR) is 118 cm³/mol. The molecule has 8 heteroatoms. The number of benzene rings is 1. The minimum absolute atomic E-state index is 0.000524. The molecule has 0 spiro atoms. The summed E-state index contributed by atoms with van der Waals surface area (Å²) in [6.07, 6.45) is 5.38. The van der Waals surface area contributed by atoms with Gasteiger partial charge in [-0.05, 0) is 63.7 Å². The van der Waals surface area contributed by atoms with Gasteiger partial charge in [0.25, 0.3) is 0 Å². The van der Waals surface area contributed by atoms with Gasteiger partial charge in [0.05, 0.1) is 10.9 Å². The predicted octanol–water partition coefficient (Wildman–Crippen LogP) is 4.27. The van der Waals surface area contributed by atoms with Crippen LogP contribution in [0.15, 0.2) is 24.4 Å². The Morgan fingerprint density at radius 3 is 2.72 bits per heavy atom. The van der Waals surface area contributed by atoms with Crippen molar-refractivity contribution in [1.29, 1.82) is 10.8 Å². The van der Waals surface area contributed by atoms with Crippen molar-refractivity contribution >= 4 is 28.2 Å². The molecule has 0 radical (unpaired) electrons. The smallest absolute Gasteiger partial charge is 0.230 e. The largest absolute Gasteiger partial charge is 0.325 e. The molecule has 0 saturated heterocycles. The Balaban J connectivity index is 1.74. The van der Waals surface area contributed by atoms with Gasteiger partial charge in [-0.3, -0.25) is 15.4 Å². The van der Waals surface area contributed by atoms with E-state index >= 15 is 4.39 Å². The zero-order chi connectivity index (χ0) is 22.6. The second-order valence-corrected chi connectivity index (χ2v) is 8.66. The molecular formula is C24H22F2N6. The van der Waals surface area contributed by atoms with Crippen LogP contribution < -0.4 is 10.5 Å². The molecule has 2 N–H and O–H groups in total. The minimum Gasteiger partial charge on any atom is -0.325 e. The highest BCUT2D eigenvalue weighted by molar-refractivity contribution is 5.98. The molecule has 1 aliphatic heterocycles. The van der Waals surface area contributed by atoms with Crippen LogP contribution >= 0.6 is 0 Å². The Bertz CT molecular complexity index is 1410. The first kappa shape index (κ1) is 20.3. The molecule has 1 aliphatic carbocycles. The third kappa shape index (κ3) is 3.25.